The molecule has 0 spiro atoms. The molecule has 1 aliphatic carbocycles. The van der Waals surface area contributed by atoms with Gasteiger partial charge < -0.3 is 10.3 Å². The van der Waals surface area contributed by atoms with E-state index in [1.54, 1.807) is 12.1 Å². The number of aromatic nitrogens is 1. The molecule has 0 saturated heterocycles. The molecule has 0 bridgehead atoms. The summed E-state index contributed by atoms with van der Waals surface area (Å²) in [7, 11) is 0. The number of fused-ring (bicyclic) bond motifs is 1. The number of para-hydroxylation sites is 1. The van der Waals surface area contributed by atoms with Gasteiger partial charge in [0.05, 0.1) is 5.56 Å². The monoisotopic (exact) mass is 322 g/mol. The van der Waals surface area contributed by atoms with E-state index in [9.17, 15) is 9.18 Å². The Labute approximate surface area is 139 Å². The Morgan fingerprint density at radius 1 is 1.21 bits per heavy atom. The molecule has 4 heteroatoms. The van der Waals surface area contributed by atoms with Crippen molar-refractivity contribution in [3.8, 4) is 0 Å². The number of rotatable bonds is 4. The number of carbonyl (C=O) groups excluding carboxylic acids is 1. The Hall–Kier alpha value is -2.62. The highest BCUT2D eigenvalue weighted by atomic mass is 19.1. The quantitative estimate of drug-likeness (QED) is 0.747. The Balaban J connectivity index is 1.55. The summed E-state index contributed by atoms with van der Waals surface area (Å²) in [6, 6.07) is 14.5. The van der Waals surface area contributed by atoms with Crippen LogP contribution in [-0.4, -0.2) is 17.4 Å². The van der Waals surface area contributed by atoms with Gasteiger partial charge in [-0.2, -0.15) is 0 Å². The summed E-state index contributed by atoms with van der Waals surface area (Å²) in [4.78, 5) is 16.0. The van der Waals surface area contributed by atoms with E-state index in [2.05, 4.69) is 10.3 Å². The minimum atomic E-state index is -0.224. The maximum atomic E-state index is 13.5. The lowest BCUT2D eigenvalue weighted by molar-refractivity contribution is 0.0951. The van der Waals surface area contributed by atoms with Gasteiger partial charge in [0.1, 0.15) is 5.82 Å². The third kappa shape index (κ3) is 2.48. The predicted molar refractivity (Wildman–Crippen MR) is 92.7 cm³/mol. The molecule has 1 aliphatic rings. The van der Waals surface area contributed by atoms with Crippen LogP contribution < -0.4 is 5.32 Å². The molecular formula is C20H19FN2O. The lowest BCUT2D eigenvalue weighted by atomic mass is 9.95. The summed E-state index contributed by atoms with van der Waals surface area (Å²) in [5, 5.41) is 3.99. The van der Waals surface area contributed by atoms with Gasteiger partial charge in [-0.15, -0.1) is 0 Å². The second-order valence-corrected chi connectivity index (χ2v) is 6.64. The summed E-state index contributed by atoms with van der Waals surface area (Å²) < 4.78 is 13.5. The molecule has 1 fully saturated rings. The number of aryl methyl sites for hydroxylation is 1. The fourth-order valence-electron chi connectivity index (χ4n) is 3.44. The molecule has 2 aromatic carbocycles. The summed E-state index contributed by atoms with van der Waals surface area (Å²) >= 11 is 0. The van der Waals surface area contributed by atoms with Gasteiger partial charge in [0.2, 0.25) is 0 Å². The Morgan fingerprint density at radius 2 is 2.00 bits per heavy atom. The number of hydrogen-bond acceptors (Lipinski definition) is 1. The minimum absolute atomic E-state index is 0.0763. The molecule has 122 valence electrons. The van der Waals surface area contributed by atoms with Crippen LogP contribution in [0.4, 0.5) is 4.39 Å². The molecule has 0 unspecified atom stereocenters. The molecule has 4 rings (SSSR count). The van der Waals surface area contributed by atoms with E-state index in [-0.39, 0.29) is 17.1 Å². The average molecular weight is 322 g/mol. The van der Waals surface area contributed by atoms with Crippen LogP contribution >= 0.6 is 0 Å². The van der Waals surface area contributed by atoms with Crippen LogP contribution in [0.1, 0.15) is 34.5 Å². The van der Waals surface area contributed by atoms with Gasteiger partial charge in [-0.1, -0.05) is 30.3 Å². The van der Waals surface area contributed by atoms with Crippen LogP contribution in [-0.2, 0) is 5.41 Å². The first-order valence-electron chi connectivity index (χ1n) is 8.21. The zero-order valence-corrected chi connectivity index (χ0v) is 13.5. The summed E-state index contributed by atoms with van der Waals surface area (Å²) in [5.41, 5.74) is 3.38. The number of halogens is 1. The Morgan fingerprint density at radius 3 is 2.75 bits per heavy atom. The van der Waals surface area contributed by atoms with Crippen LogP contribution in [0.5, 0.6) is 0 Å². The molecule has 0 atom stereocenters. The van der Waals surface area contributed by atoms with Gasteiger partial charge in [0, 0.05) is 28.6 Å². The van der Waals surface area contributed by atoms with Gasteiger partial charge in [-0.3, -0.25) is 4.79 Å². The van der Waals surface area contributed by atoms with E-state index in [0.29, 0.717) is 12.1 Å². The molecular weight excluding hydrogens is 303 g/mol. The molecule has 1 heterocycles. The zero-order valence-electron chi connectivity index (χ0n) is 13.5. The number of aromatic amines is 1. The summed E-state index contributed by atoms with van der Waals surface area (Å²) in [6.07, 6.45) is 1.95. The number of nitrogens with one attached hydrogen (secondary N) is 2. The van der Waals surface area contributed by atoms with Crippen molar-refractivity contribution in [2.24, 2.45) is 0 Å². The lowest BCUT2D eigenvalue weighted by Gasteiger charge is -2.17. The van der Waals surface area contributed by atoms with Crippen LogP contribution in [0, 0.1) is 12.7 Å². The van der Waals surface area contributed by atoms with E-state index < -0.39 is 0 Å². The number of carbonyl (C=O) groups is 1. The molecule has 3 aromatic rings. The molecule has 1 aromatic heterocycles. The zero-order chi connectivity index (χ0) is 16.7. The van der Waals surface area contributed by atoms with Gasteiger partial charge in [-0.05, 0) is 43.5 Å². The minimum Gasteiger partial charge on any atom is -0.358 e. The van der Waals surface area contributed by atoms with Gasteiger partial charge in [0.25, 0.3) is 5.91 Å². The number of hydrogen-bond donors (Lipinski definition) is 2. The Bertz CT molecular complexity index is 924. The van der Waals surface area contributed by atoms with Gasteiger partial charge in [-0.25, -0.2) is 4.39 Å². The SMILES string of the molecule is Cc1[nH]c2ccccc2c1C(=O)NCC1(c2cccc(F)c2)CC1. The maximum absolute atomic E-state index is 13.5. The fourth-order valence-corrected chi connectivity index (χ4v) is 3.44. The summed E-state index contributed by atoms with van der Waals surface area (Å²) in [6.45, 7) is 2.45. The maximum Gasteiger partial charge on any atom is 0.253 e. The first-order chi connectivity index (χ1) is 11.6. The number of H-pyrrole nitrogens is 1. The van der Waals surface area contributed by atoms with Crippen molar-refractivity contribution in [1.82, 2.24) is 10.3 Å². The van der Waals surface area contributed by atoms with Crippen molar-refractivity contribution in [2.75, 3.05) is 6.54 Å². The largest absolute Gasteiger partial charge is 0.358 e. The van der Waals surface area contributed by atoms with E-state index in [1.807, 2.05) is 37.3 Å². The van der Waals surface area contributed by atoms with Crippen LogP contribution in [0.3, 0.4) is 0 Å². The highest BCUT2D eigenvalue weighted by Crippen LogP contribution is 2.47. The second-order valence-electron chi connectivity index (χ2n) is 6.64. The van der Waals surface area contributed by atoms with Crippen LogP contribution in [0.25, 0.3) is 10.9 Å². The highest BCUT2D eigenvalue weighted by molar-refractivity contribution is 6.08. The van der Waals surface area contributed by atoms with Gasteiger partial charge >= 0.3 is 0 Å². The van der Waals surface area contributed by atoms with Crippen molar-refractivity contribution in [3.63, 3.8) is 0 Å². The van der Waals surface area contributed by atoms with Crippen molar-refractivity contribution >= 4 is 16.8 Å². The van der Waals surface area contributed by atoms with E-state index in [1.165, 1.54) is 6.07 Å². The highest BCUT2D eigenvalue weighted by Gasteiger charge is 2.44. The molecule has 1 saturated carbocycles. The molecule has 2 N–H and O–H groups in total. The first-order valence-corrected chi connectivity index (χ1v) is 8.21. The van der Waals surface area contributed by atoms with Crippen molar-refractivity contribution in [1.29, 1.82) is 0 Å². The number of amides is 1. The number of benzene rings is 2. The van der Waals surface area contributed by atoms with Crippen molar-refractivity contribution < 1.29 is 9.18 Å². The molecule has 1 amide bonds. The normalized spacial score (nSPS) is 15.4. The topological polar surface area (TPSA) is 44.9 Å². The average Bonchev–Trinajstić information content (AvgIpc) is 3.29. The smallest absolute Gasteiger partial charge is 0.253 e. The van der Waals surface area contributed by atoms with Crippen LogP contribution in [0.2, 0.25) is 0 Å². The van der Waals surface area contributed by atoms with Crippen molar-refractivity contribution in [3.05, 3.63) is 71.2 Å². The first kappa shape index (κ1) is 14.9. The van der Waals surface area contributed by atoms with Crippen LogP contribution in [0.15, 0.2) is 48.5 Å². The molecule has 3 nitrogen and oxygen atoms in total. The Kier molecular flexibility index (Phi) is 3.41. The standard InChI is InChI=1S/C20H19FN2O/c1-13-18(16-7-2-3-8-17(16)23-13)19(24)22-12-20(9-10-20)14-5-4-6-15(21)11-14/h2-8,11,23H,9-10,12H2,1H3,(H,22,24). The fraction of sp³-hybridized carbons (Fsp3) is 0.250. The van der Waals surface area contributed by atoms with Gasteiger partial charge in [0.15, 0.2) is 0 Å². The van der Waals surface area contributed by atoms with E-state index >= 15 is 0 Å². The second kappa shape index (κ2) is 5.48. The molecule has 0 aliphatic heterocycles. The van der Waals surface area contributed by atoms with E-state index in [0.717, 1.165) is 35.0 Å². The predicted octanol–water partition coefficient (Wildman–Crippen LogP) is 4.08. The van der Waals surface area contributed by atoms with E-state index in [4.69, 9.17) is 0 Å². The third-order valence-corrected chi connectivity index (χ3v) is 5.00. The molecule has 24 heavy (non-hydrogen) atoms. The lowest BCUT2D eigenvalue weighted by Crippen LogP contribution is -2.32. The summed E-state index contributed by atoms with van der Waals surface area (Å²) in [5.74, 6) is -0.301. The molecule has 0 radical (unpaired) electrons. The van der Waals surface area contributed by atoms with Crippen molar-refractivity contribution in [2.45, 2.75) is 25.2 Å². The third-order valence-electron chi connectivity index (χ3n) is 5.00.